The zero-order chi connectivity index (χ0) is 30.8. The molecule has 2 aromatic rings. The van der Waals surface area contributed by atoms with Gasteiger partial charge in [0.05, 0.1) is 6.04 Å². The number of nitrogens with zero attached hydrogens (tertiary/aromatic N) is 1. The molecule has 10 nitrogen and oxygen atoms in total. The van der Waals surface area contributed by atoms with Crippen LogP contribution in [0, 0.1) is 5.92 Å². The van der Waals surface area contributed by atoms with Gasteiger partial charge >= 0.3 is 5.97 Å². The van der Waals surface area contributed by atoms with Gasteiger partial charge in [-0.05, 0) is 49.3 Å². The lowest BCUT2D eigenvalue weighted by Gasteiger charge is -2.28. The number of likely N-dealkylation sites (tertiary alicyclic amines) is 1. The molecule has 0 saturated carbocycles. The summed E-state index contributed by atoms with van der Waals surface area (Å²) in [6.07, 6.45) is 2.96. The van der Waals surface area contributed by atoms with Crippen molar-refractivity contribution in [2.45, 2.75) is 82.5 Å². The normalized spacial score (nSPS) is 21.1. The fraction of sp³-hybridized carbons (Fsp3) is 0.485. The zero-order valence-corrected chi connectivity index (χ0v) is 24.7. The Balaban J connectivity index is 1.51. The van der Waals surface area contributed by atoms with Gasteiger partial charge in [-0.3, -0.25) is 19.2 Å². The highest BCUT2D eigenvalue weighted by molar-refractivity contribution is 5.92. The third-order valence-electron chi connectivity index (χ3n) is 8.26. The molecule has 2 saturated heterocycles. The van der Waals surface area contributed by atoms with E-state index in [0.717, 1.165) is 30.5 Å². The number of carboxylic acid groups (broad SMARTS) is 1. The molecule has 10 heteroatoms. The van der Waals surface area contributed by atoms with Gasteiger partial charge in [0.1, 0.15) is 17.9 Å². The number of rotatable bonds is 14. The van der Waals surface area contributed by atoms with Gasteiger partial charge in [-0.2, -0.15) is 0 Å². The molecule has 3 amide bonds. The third-order valence-corrected chi connectivity index (χ3v) is 8.26. The Bertz CT molecular complexity index is 1260. The van der Waals surface area contributed by atoms with E-state index in [1.54, 1.807) is 6.92 Å². The number of Topliss-reactive ketones (excluding diaryl/α,β-unsaturated/α-hetero) is 1. The Morgan fingerprint density at radius 1 is 0.953 bits per heavy atom. The van der Waals surface area contributed by atoms with Crippen molar-refractivity contribution in [1.29, 1.82) is 0 Å². The van der Waals surface area contributed by atoms with Crippen LogP contribution in [-0.4, -0.2) is 76.7 Å². The van der Waals surface area contributed by atoms with Crippen LogP contribution in [0.1, 0.15) is 56.6 Å². The summed E-state index contributed by atoms with van der Waals surface area (Å²) in [5.74, 6) is -2.42. The molecule has 2 aliphatic rings. The first-order valence-corrected chi connectivity index (χ1v) is 15.2. The number of ketones is 1. The van der Waals surface area contributed by atoms with Crippen LogP contribution in [0.25, 0.3) is 0 Å². The van der Waals surface area contributed by atoms with Gasteiger partial charge in [0.15, 0.2) is 0 Å². The molecule has 230 valence electrons. The predicted octanol–water partition coefficient (Wildman–Crippen LogP) is 2.25. The molecule has 0 aromatic heterocycles. The first-order valence-electron chi connectivity index (χ1n) is 15.2. The summed E-state index contributed by atoms with van der Waals surface area (Å²) in [4.78, 5) is 65.9. The standard InChI is InChI=1S/C33H42N4O6/c1-2-26(38)17-24-19-29(33(42)43)37(21-24)32(41)28(18-23-12-7-4-8-13-23)36-30(39)20-25(16-22-10-5-3-6-11-22)35-31(40)27-14-9-15-34-27/h3-8,10-13,24-25,27-29,34H,2,9,14-21H2,1H3,(H,35,40)(H,36,39)(H,42,43)/t24-,25+,27+,28+,29+/m1/s1. The molecule has 0 radical (unpaired) electrons. The average molecular weight is 591 g/mol. The summed E-state index contributed by atoms with van der Waals surface area (Å²) >= 11 is 0. The van der Waals surface area contributed by atoms with Gasteiger partial charge in [0, 0.05) is 38.3 Å². The van der Waals surface area contributed by atoms with Gasteiger partial charge < -0.3 is 26.0 Å². The van der Waals surface area contributed by atoms with E-state index in [2.05, 4.69) is 16.0 Å². The second-order valence-electron chi connectivity index (χ2n) is 11.6. The van der Waals surface area contributed by atoms with E-state index in [1.807, 2.05) is 60.7 Å². The minimum absolute atomic E-state index is 0.0249. The minimum atomic E-state index is -1.13. The van der Waals surface area contributed by atoms with E-state index >= 15 is 0 Å². The molecule has 4 rings (SSSR count). The average Bonchev–Trinajstić information content (AvgIpc) is 3.68. The largest absolute Gasteiger partial charge is 0.480 e. The van der Waals surface area contributed by atoms with Gasteiger partial charge in [0.25, 0.3) is 0 Å². The van der Waals surface area contributed by atoms with E-state index in [-0.39, 0.29) is 55.9 Å². The minimum Gasteiger partial charge on any atom is -0.480 e. The molecule has 2 aliphatic heterocycles. The van der Waals surface area contributed by atoms with E-state index in [0.29, 0.717) is 12.8 Å². The molecule has 0 spiro atoms. The van der Waals surface area contributed by atoms with Crippen LogP contribution in [-0.2, 0) is 36.8 Å². The maximum Gasteiger partial charge on any atom is 0.326 e. The Kier molecular flexibility index (Phi) is 11.4. The highest BCUT2D eigenvalue weighted by Crippen LogP contribution is 2.28. The van der Waals surface area contributed by atoms with Crippen molar-refractivity contribution < 1.29 is 29.1 Å². The Hall–Kier alpha value is -4.05. The van der Waals surface area contributed by atoms with E-state index < -0.39 is 35.9 Å². The molecule has 0 aliphatic carbocycles. The molecule has 0 bridgehead atoms. The van der Waals surface area contributed by atoms with Crippen molar-refractivity contribution in [2.75, 3.05) is 13.1 Å². The Labute approximate surface area is 252 Å². The smallest absolute Gasteiger partial charge is 0.326 e. The summed E-state index contributed by atoms with van der Waals surface area (Å²) in [6.45, 7) is 2.67. The van der Waals surface area contributed by atoms with Crippen LogP contribution in [0.5, 0.6) is 0 Å². The lowest BCUT2D eigenvalue weighted by molar-refractivity contribution is -0.149. The Morgan fingerprint density at radius 2 is 1.60 bits per heavy atom. The van der Waals surface area contributed by atoms with Crippen LogP contribution in [0.2, 0.25) is 0 Å². The third kappa shape index (κ3) is 9.22. The van der Waals surface area contributed by atoms with Crippen LogP contribution >= 0.6 is 0 Å². The van der Waals surface area contributed by atoms with Gasteiger partial charge in [-0.1, -0.05) is 67.6 Å². The number of carboxylic acids is 1. The maximum atomic E-state index is 13.9. The number of hydrogen-bond acceptors (Lipinski definition) is 6. The maximum absolute atomic E-state index is 13.9. The monoisotopic (exact) mass is 590 g/mol. The van der Waals surface area contributed by atoms with E-state index in [9.17, 15) is 29.1 Å². The van der Waals surface area contributed by atoms with Crippen molar-refractivity contribution in [2.24, 2.45) is 5.92 Å². The number of carbonyl (C=O) groups is 5. The molecule has 4 N–H and O–H groups in total. The van der Waals surface area contributed by atoms with Gasteiger partial charge in [-0.25, -0.2) is 4.79 Å². The highest BCUT2D eigenvalue weighted by Gasteiger charge is 2.42. The molecule has 43 heavy (non-hydrogen) atoms. The quantitative estimate of drug-likeness (QED) is 0.264. The molecule has 2 aromatic carbocycles. The number of benzene rings is 2. The van der Waals surface area contributed by atoms with Crippen molar-refractivity contribution in [3.63, 3.8) is 0 Å². The second kappa shape index (κ2) is 15.4. The molecule has 0 unspecified atom stereocenters. The molecular weight excluding hydrogens is 548 g/mol. The van der Waals surface area contributed by atoms with Crippen molar-refractivity contribution >= 4 is 29.5 Å². The second-order valence-corrected chi connectivity index (χ2v) is 11.6. The van der Waals surface area contributed by atoms with Gasteiger partial charge in [-0.15, -0.1) is 0 Å². The fourth-order valence-electron chi connectivity index (χ4n) is 6.02. The SMILES string of the molecule is CCC(=O)C[C@@H]1C[C@@H](C(=O)O)N(C(=O)[C@H](Cc2ccccc2)NC(=O)C[C@H](Cc2ccccc2)NC(=O)[C@@H]2CCCN2)C1. The molecular formula is C33H42N4O6. The highest BCUT2D eigenvalue weighted by atomic mass is 16.4. The lowest BCUT2D eigenvalue weighted by atomic mass is 9.98. The van der Waals surface area contributed by atoms with E-state index in [4.69, 9.17) is 0 Å². The summed E-state index contributed by atoms with van der Waals surface area (Å²) < 4.78 is 0. The topological polar surface area (TPSA) is 145 Å². The summed E-state index contributed by atoms with van der Waals surface area (Å²) in [5.41, 5.74) is 1.78. The summed E-state index contributed by atoms with van der Waals surface area (Å²) in [5, 5.41) is 19.0. The van der Waals surface area contributed by atoms with Crippen molar-refractivity contribution in [1.82, 2.24) is 20.9 Å². The number of aliphatic carboxylic acids is 1. The van der Waals surface area contributed by atoms with Crippen LogP contribution in [0.15, 0.2) is 60.7 Å². The van der Waals surface area contributed by atoms with Crippen LogP contribution < -0.4 is 16.0 Å². The summed E-state index contributed by atoms with van der Waals surface area (Å²) in [6, 6.07) is 15.9. The Morgan fingerprint density at radius 3 is 2.19 bits per heavy atom. The van der Waals surface area contributed by atoms with Crippen LogP contribution in [0.4, 0.5) is 0 Å². The molecule has 2 fully saturated rings. The fourth-order valence-corrected chi connectivity index (χ4v) is 6.02. The van der Waals surface area contributed by atoms with Gasteiger partial charge in [0.2, 0.25) is 17.7 Å². The van der Waals surface area contributed by atoms with Crippen LogP contribution in [0.3, 0.4) is 0 Å². The van der Waals surface area contributed by atoms with Crippen molar-refractivity contribution in [3.05, 3.63) is 71.8 Å². The molecule has 2 heterocycles. The number of amides is 3. The predicted molar refractivity (Wildman–Crippen MR) is 161 cm³/mol. The zero-order valence-electron chi connectivity index (χ0n) is 24.7. The first kappa shape index (κ1) is 31.9. The molecule has 5 atom stereocenters. The number of hydrogen-bond donors (Lipinski definition) is 4. The summed E-state index contributed by atoms with van der Waals surface area (Å²) in [7, 11) is 0. The number of nitrogens with one attached hydrogen (secondary N) is 3. The first-order chi connectivity index (χ1) is 20.7. The van der Waals surface area contributed by atoms with Crippen molar-refractivity contribution in [3.8, 4) is 0 Å². The van der Waals surface area contributed by atoms with E-state index in [1.165, 1.54) is 4.90 Å². The lowest BCUT2D eigenvalue weighted by Crippen LogP contribution is -2.54. The number of carbonyl (C=O) groups excluding carboxylic acids is 4.